The number of aromatic nitrogens is 3. The number of hydrogen-bond acceptors (Lipinski definition) is 4. The van der Waals surface area contributed by atoms with Crippen LogP contribution in [0.5, 0.6) is 5.75 Å². The van der Waals surface area contributed by atoms with Gasteiger partial charge in [0.1, 0.15) is 11.4 Å². The Morgan fingerprint density at radius 3 is 2.76 bits per heavy atom. The quantitative estimate of drug-likeness (QED) is 0.584. The Kier molecular flexibility index (Phi) is 6.15. The number of amides is 1. The molecule has 1 aliphatic rings. The van der Waals surface area contributed by atoms with Gasteiger partial charge >= 0.3 is 0 Å². The molecule has 0 radical (unpaired) electrons. The Labute approximate surface area is 180 Å². The van der Waals surface area contributed by atoms with Crippen LogP contribution in [0.1, 0.15) is 36.1 Å². The third-order valence-corrected chi connectivity index (χ3v) is 5.14. The van der Waals surface area contributed by atoms with Crippen molar-refractivity contribution in [3.05, 3.63) is 59.1 Å². The first-order valence-electron chi connectivity index (χ1n) is 9.24. The van der Waals surface area contributed by atoms with Crippen LogP contribution in [-0.4, -0.2) is 33.8 Å². The molecule has 3 aromatic rings. The lowest BCUT2D eigenvalue weighted by atomic mass is 10.0. The highest BCUT2D eigenvalue weighted by Gasteiger charge is 2.34. The normalized spacial score (nSPS) is 15.7. The molecule has 1 aromatic carbocycles. The van der Waals surface area contributed by atoms with Crippen LogP contribution in [0.3, 0.4) is 0 Å². The van der Waals surface area contributed by atoms with Crippen LogP contribution in [0.4, 0.5) is 5.69 Å². The molecule has 1 unspecified atom stereocenters. The molecule has 1 atom stereocenters. The number of carbonyl (C=O) groups excluding carboxylic acids is 1. The molecule has 0 saturated heterocycles. The predicted octanol–water partition coefficient (Wildman–Crippen LogP) is 4.95. The van der Waals surface area contributed by atoms with Gasteiger partial charge in [-0.15, -0.1) is 12.4 Å². The standard InChI is InChI=1S/C21H21ClN4O2.ClH/c1-4-28-19-6-5-16(10-18(19)22)25-12-14(3)26-20(21(25)27)17(11-24-26)15-7-8-23-13(2)9-15;/h5-11,14H,4,12H2,1-3H3;1H. The van der Waals surface area contributed by atoms with E-state index in [-0.39, 0.29) is 24.4 Å². The molecule has 0 saturated carbocycles. The van der Waals surface area contributed by atoms with Gasteiger partial charge in [0.15, 0.2) is 0 Å². The lowest BCUT2D eigenvalue weighted by Crippen LogP contribution is -2.42. The number of benzene rings is 1. The van der Waals surface area contributed by atoms with E-state index in [4.69, 9.17) is 16.3 Å². The van der Waals surface area contributed by atoms with Crippen molar-refractivity contribution in [1.29, 1.82) is 0 Å². The van der Waals surface area contributed by atoms with E-state index in [0.717, 1.165) is 22.5 Å². The number of ether oxygens (including phenoxy) is 1. The van der Waals surface area contributed by atoms with Crippen molar-refractivity contribution in [1.82, 2.24) is 14.8 Å². The van der Waals surface area contributed by atoms with Crippen LogP contribution in [0.25, 0.3) is 11.1 Å². The van der Waals surface area contributed by atoms with E-state index >= 15 is 0 Å². The number of hydrogen-bond donors (Lipinski definition) is 0. The monoisotopic (exact) mass is 432 g/mol. The average molecular weight is 433 g/mol. The second-order valence-electron chi connectivity index (χ2n) is 6.85. The highest BCUT2D eigenvalue weighted by Crippen LogP contribution is 2.35. The number of aryl methyl sites for hydroxylation is 1. The van der Waals surface area contributed by atoms with Gasteiger partial charge in [-0.05, 0) is 56.7 Å². The molecule has 0 aliphatic carbocycles. The van der Waals surface area contributed by atoms with E-state index in [0.29, 0.717) is 29.6 Å². The third kappa shape index (κ3) is 3.82. The van der Waals surface area contributed by atoms with Crippen molar-refractivity contribution >= 4 is 35.6 Å². The van der Waals surface area contributed by atoms with Crippen molar-refractivity contribution in [3.63, 3.8) is 0 Å². The minimum absolute atomic E-state index is 0. The number of nitrogens with zero attached hydrogens (tertiary/aromatic N) is 4. The molecular weight excluding hydrogens is 411 g/mol. The summed E-state index contributed by atoms with van der Waals surface area (Å²) >= 11 is 6.35. The van der Waals surface area contributed by atoms with Gasteiger partial charge in [-0.1, -0.05) is 11.6 Å². The van der Waals surface area contributed by atoms with Crippen LogP contribution >= 0.6 is 24.0 Å². The number of pyridine rings is 1. The number of fused-ring (bicyclic) bond motifs is 1. The summed E-state index contributed by atoms with van der Waals surface area (Å²) in [6.45, 7) is 6.94. The van der Waals surface area contributed by atoms with Gasteiger partial charge in [0.2, 0.25) is 0 Å². The summed E-state index contributed by atoms with van der Waals surface area (Å²) in [5, 5.41) is 4.97. The first kappa shape index (κ1) is 21.1. The minimum Gasteiger partial charge on any atom is -0.492 e. The highest BCUT2D eigenvalue weighted by molar-refractivity contribution is 6.32. The average Bonchev–Trinajstić information content (AvgIpc) is 3.12. The van der Waals surface area contributed by atoms with Gasteiger partial charge in [-0.3, -0.25) is 14.5 Å². The fraction of sp³-hybridized carbons (Fsp3) is 0.286. The fourth-order valence-corrected chi connectivity index (χ4v) is 3.77. The summed E-state index contributed by atoms with van der Waals surface area (Å²) in [5.74, 6) is 0.517. The zero-order chi connectivity index (χ0) is 19.8. The summed E-state index contributed by atoms with van der Waals surface area (Å²) in [6.07, 6.45) is 3.50. The molecule has 6 nitrogen and oxygen atoms in total. The van der Waals surface area contributed by atoms with Crippen LogP contribution in [0.2, 0.25) is 5.02 Å². The highest BCUT2D eigenvalue weighted by atomic mass is 35.5. The predicted molar refractivity (Wildman–Crippen MR) is 116 cm³/mol. The molecule has 1 amide bonds. The molecule has 0 bridgehead atoms. The first-order valence-corrected chi connectivity index (χ1v) is 9.62. The van der Waals surface area contributed by atoms with Crippen molar-refractivity contribution < 1.29 is 9.53 Å². The molecular formula is C21H22Cl2N4O2. The summed E-state index contributed by atoms with van der Waals surface area (Å²) < 4.78 is 7.31. The number of halogens is 2. The molecule has 4 rings (SSSR count). The van der Waals surface area contributed by atoms with Crippen molar-refractivity contribution in [3.8, 4) is 16.9 Å². The van der Waals surface area contributed by atoms with Gasteiger partial charge in [0, 0.05) is 29.7 Å². The Morgan fingerprint density at radius 1 is 1.28 bits per heavy atom. The summed E-state index contributed by atoms with van der Waals surface area (Å²) in [5.41, 5.74) is 3.96. The Balaban J connectivity index is 0.00000240. The molecule has 3 heterocycles. The van der Waals surface area contributed by atoms with Gasteiger partial charge in [-0.2, -0.15) is 5.10 Å². The molecule has 0 spiro atoms. The van der Waals surface area contributed by atoms with E-state index < -0.39 is 0 Å². The van der Waals surface area contributed by atoms with Gasteiger partial charge < -0.3 is 9.64 Å². The van der Waals surface area contributed by atoms with Crippen LogP contribution in [0, 0.1) is 6.92 Å². The molecule has 0 fully saturated rings. The number of rotatable bonds is 4. The third-order valence-electron chi connectivity index (χ3n) is 4.84. The number of anilines is 1. The Hall–Kier alpha value is -2.57. The molecule has 8 heteroatoms. The van der Waals surface area contributed by atoms with Gasteiger partial charge in [0.25, 0.3) is 5.91 Å². The van der Waals surface area contributed by atoms with Gasteiger partial charge in [-0.25, -0.2) is 0 Å². The van der Waals surface area contributed by atoms with Crippen LogP contribution < -0.4 is 9.64 Å². The fourth-order valence-electron chi connectivity index (χ4n) is 3.54. The maximum absolute atomic E-state index is 13.4. The minimum atomic E-state index is -0.0970. The second kappa shape index (κ2) is 8.43. The van der Waals surface area contributed by atoms with Crippen molar-refractivity contribution in [2.24, 2.45) is 0 Å². The zero-order valence-corrected chi connectivity index (χ0v) is 18.0. The second-order valence-corrected chi connectivity index (χ2v) is 7.26. The maximum atomic E-state index is 13.4. The van der Waals surface area contributed by atoms with E-state index in [1.54, 1.807) is 34.1 Å². The van der Waals surface area contributed by atoms with Crippen LogP contribution in [0.15, 0.2) is 42.7 Å². The molecule has 29 heavy (non-hydrogen) atoms. The lowest BCUT2D eigenvalue weighted by Gasteiger charge is -2.32. The molecule has 2 aromatic heterocycles. The molecule has 0 N–H and O–H groups in total. The van der Waals surface area contributed by atoms with Crippen LogP contribution in [-0.2, 0) is 0 Å². The summed E-state index contributed by atoms with van der Waals surface area (Å²) in [7, 11) is 0. The van der Waals surface area contributed by atoms with E-state index in [1.807, 2.05) is 39.0 Å². The number of carbonyl (C=O) groups is 1. The van der Waals surface area contributed by atoms with E-state index in [9.17, 15) is 4.79 Å². The largest absolute Gasteiger partial charge is 0.492 e. The Bertz CT molecular complexity index is 1050. The maximum Gasteiger partial charge on any atom is 0.277 e. The van der Waals surface area contributed by atoms with E-state index in [2.05, 4.69) is 10.1 Å². The van der Waals surface area contributed by atoms with Gasteiger partial charge in [0.05, 0.1) is 23.9 Å². The topological polar surface area (TPSA) is 60.2 Å². The molecule has 1 aliphatic heterocycles. The summed E-state index contributed by atoms with van der Waals surface area (Å²) in [4.78, 5) is 19.4. The van der Waals surface area contributed by atoms with E-state index in [1.165, 1.54) is 0 Å². The Morgan fingerprint density at radius 2 is 2.07 bits per heavy atom. The first-order chi connectivity index (χ1) is 13.5. The van der Waals surface area contributed by atoms with Crippen molar-refractivity contribution in [2.45, 2.75) is 26.8 Å². The summed E-state index contributed by atoms with van der Waals surface area (Å²) in [6, 6.07) is 9.34. The zero-order valence-electron chi connectivity index (χ0n) is 16.4. The van der Waals surface area contributed by atoms with Crippen molar-refractivity contribution in [2.75, 3.05) is 18.1 Å². The molecule has 152 valence electrons. The lowest BCUT2D eigenvalue weighted by molar-refractivity contribution is 0.0954. The smallest absolute Gasteiger partial charge is 0.277 e. The SMILES string of the molecule is CCOc1ccc(N2CC(C)n3ncc(-c4ccnc(C)c4)c3C2=O)cc1Cl.Cl.